The van der Waals surface area contributed by atoms with E-state index in [0.29, 0.717) is 0 Å². The van der Waals surface area contributed by atoms with Gasteiger partial charge in [-0.1, -0.05) is 6.92 Å². The first-order chi connectivity index (χ1) is 8.72. The molecule has 2 aromatic rings. The van der Waals surface area contributed by atoms with E-state index in [1.165, 1.54) is 6.33 Å². The lowest BCUT2D eigenvalue weighted by Crippen LogP contribution is -2.07. The van der Waals surface area contributed by atoms with Gasteiger partial charge in [0.05, 0.1) is 5.69 Å². The lowest BCUT2D eigenvalue weighted by atomic mass is 10.1. The minimum atomic E-state index is 0.748. The van der Waals surface area contributed by atoms with Crippen LogP contribution in [0.4, 0.5) is 5.82 Å². The van der Waals surface area contributed by atoms with Crippen LogP contribution >= 0.6 is 0 Å². The quantitative estimate of drug-likeness (QED) is 0.893. The highest BCUT2D eigenvalue weighted by Gasteiger charge is 2.10. The summed E-state index contributed by atoms with van der Waals surface area (Å²) in [5.41, 5.74) is 2.84. The number of hydrogen-bond donors (Lipinski definition) is 1. The number of nitrogens with zero attached hydrogens (tertiary/aromatic N) is 4. The Hall–Kier alpha value is -2.04. The fourth-order valence-electron chi connectivity index (χ4n) is 1.75. The highest BCUT2D eigenvalue weighted by Crippen LogP contribution is 2.24. The monoisotopic (exact) mass is 243 g/mol. The molecule has 0 atom stereocenters. The number of rotatable bonds is 4. The van der Waals surface area contributed by atoms with Gasteiger partial charge in [-0.3, -0.25) is 0 Å². The zero-order valence-corrected chi connectivity index (χ0v) is 10.9. The van der Waals surface area contributed by atoms with Gasteiger partial charge in [0.1, 0.15) is 18.0 Å². The molecule has 5 heteroatoms. The molecule has 2 aromatic heterocycles. The van der Waals surface area contributed by atoms with Gasteiger partial charge in [0.2, 0.25) is 0 Å². The molecule has 94 valence electrons. The van der Waals surface area contributed by atoms with Crippen LogP contribution < -0.4 is 5.32 Å². The minimum absolute atomic E-state index is 0.748. The third-order valence-corrected chi connectivity index (χ3v) is 2.63. The smallest absolute Gasteiger partial charge is 0.133 e. The normalized spacial score (nSPS) is 10.4. The van der Waals surface area contributed by atoms with Crippen LogP contribution in [0.2, 0.25) is 0 Å². The van der Waals surface area contributed by atoms with Gasteiger partial charge in [-0.05, 0) is 20.3 Å². The molecule has 0 saturated carbocycles. The second kappa shape index (κ2) is 5.53. The van der Waals surface area contributed by atoms with Crippen LogP contribution in [0.1, 0.15) is 24.7 Å². The molecule has 0 aliphatic rings. The van der Waals surface area contributed by atoms with Gasteiger partial charge in [-0.15, -0.1) is 0 Å². The van der Waals surface area contributed by atoms with Crippen molar-refractivity contribution in [2.75, 3.05) is 11.9 Å². The molecule has 0 spiro atoms. The van der Waals surface area contributed by atoms with Crippen molar-refractivity contribution in [3.05, 3.63) is 30.1 Å². The van der Waals surface area contributed by atoms with E-state index in [-0.39, 0.29) is 0 Å². The van der Waals surface area contributed by atoms with Crippen LogP contribution in [0.3, 0.4) is 0 Å². The Morgan fingerprint density at radius 3 is 2.50 bits per heavy atom. The molecule has 0 saturated heterocycles. The van der Waals surface area contributed by atoms with Gasteiger partial charge in [-0.2, -0.15) is 0 Å². The fraction of sp³-hybridized carbons (Fsp3) is 0.385. The summed E-state index contributed by atoms with van der Waals surface area (Å²) in [6.45, 7) is 6.94. The van der Waals surface area contributed by atoms with Gasteiger partial charge >= 0.3 is 0 Å². The van der Waals surface area contributed by atoms with Crippen LogP contribution in [0.5, 0.6) is 0 Å². The lowest BCUT2D eigenvalue weighted by molar-refractivity contribution is 0.947. The van der Waals surface area contributed by atoms with Crippen molar-refractivity contribution in [3.8, 4) is 11.3 Å². The van der Waals surface area contributed by atoms with E-state index >= 15 is 0 Å². The second-order valence-electron chi connectivity index (χ2n) is 4.15. The zero-order valence-electron chi connectivity index (χ0n) is 10.9. The first kappa shape index (κ1) is 12.4. The number of aromatic nitrogens is 4. The first-order valence-electron chi connectivity index (χ1n) is 6.07. The van der Waals surface area contributed by atoms with Crippen molar-refractivity contribution in [2.24, 2.45) is 0 Å². The average Bonchev–Trinajstić information content (AvgIpc) is 2.40. The predicted octanol–water partition coefficient (Wildman–Crippen LogP) is 2.37. The Kier molecular flexibility index (Phi) is 3.82. The van der Waals surface area contributed by atoms with Crippen LogP contribution in [0.25, 0.3) is 11.3 Å². The SMILES string of the molecule is CCCNc1nc(C)nc(-c2cncnc2)c1C. The van der Waals surface area contributed by atoms with Gasteiger partial charge in [0.15, 0.2) is 0 Å². The van der Waals surface area contributed by atoms with Crippen LogP contribution in [0.15, 0.2) is 18.7 Å². The number of aryl methyl sites for hydroxylation is 1. The largest absolute Gasteiger partial charge is 0.370 e. The van der Waals surface area contributed by atoms with E-state index in [1.54, 1.807) is 12.4 Å². The van der Waals surface area contributed by atoms with Crippen molar-refractivity contribution in [3.63, 3.8) is 0 Å². The van der Waals surface area contributed by atoms with E-state index < -0.39 is 0 Å². The highest BCUT2D eigenvalue weighted by molar-refractivity contribution is 5.66. The molecule has 2 heterocycles. The van der Waals surface area contributed by atoms with E-state index in [2.05, 4.69) is 32.2 Å². The van der Waals surface area contributed by atoms with E-state index in [9.17, 15) is 0 Å². The van der Waals surface area contributed by atoms with Crippen molar-refractivity contribution >= 4 is 5.82 Å². The van der Waals surface area contributed by atoms with Crippen molar-refractivity contribution < 1.29 is 0 Å². The number of hydrogen-bond acceptors (Lipinski definition) is 5. The maximum absolute atomic E-state index is 4.48. The van der Waals surface area contributed by atoms with Gasteiger partial charge < -0.3 is 5.32 Å². The highest BCUT2D eigenvalue weighted by atomic mass is 15.0. The summed E-state index contributed by atoms with van der Waals surface area (Å²) >= 11 is 0. The third kappa shape index (κ3) is 2.61. The average molecular weight is 243 g/mol. The minimum Gasteiger partial charge on any atom is -0.370 e. The summed E-state index contributed by atoms with van der Waals surface area (Å²) < 4.78 is 0. The van der Waals surface area contributed by atoms with Gasteiger partial charge in [-0.25, -0.2) is 19.9 Å². The third-order valence-electron chi connectivity index (χ3n) is 2.63. The molecule has 0 aromatic carbocycles. The van der Waals surface area contributed by atoms with Crippen LogP contribution in [-0.4, -0.2) is 26.5 Å². The number of anilines is 1. The molecule has 0 aliphatic heterocycles. The molecule has 18 heavy (non-hydrogen) atoms. The topological polar surface area (TPSA) is 63.6 Å². The molecule has 0 aliphatic carbocycles. The fourth-order valence-corrected chi connectivity index (χ4v) is 1.75. The van der Waals surface area contributed by atoms with E-state index in [0.717, 1.165) is 41.4 Å². The van der Waals surface area contributed by atoms with Crippen LogP contribution in [-0.2, 0) is 0 Å². The Bertz CT molecular complexity index is 524. The molecule has 2 rings (SSSR count). The summed E-state index contributed by atoms with van der Waals surface area (Å²) in [5.74, 6) is 1.64. The summed E-state index contributed by atoms with van der Waals surface area (Å²) in [6, 6.07) is 0. The Balaban J connectivity index is 2.45. The maximum Gasteiger partial charge on any atom is 0.133 e. The predicted molar refractivity (Wildman–Crippen MR) is 71.3 cm³/mol. The summed E-state index contributed by atoms with van der Waals surface area (Å²) in [4.78, 5) is 17.0. The Morgan fingerprint density at radius 2 is 1.83 bits per heavy atom. The zero-order chi connectivity index (χ0) is 13.0. The molecule has 0 bridgehead atoms. The molecule has 1 N–H and O–H groups in total. The van der Waals surface area contributed by atoms with E-state index in [1.807, 2.05) is 13.8 Å². The van der Waals surface area contributed by atoms with Gasteiger partial charge in [0, 0.05) is 30.1 Å². The van der Waals surface area contributed by atoms with Crippen LogP contribution in [0, 0.1) is 13.8 Å². The summed E-state index contributed by atoms with van der Waals surface area (Å²) in [7, 11) is 0. The molecule has 0 amide bonds. The molecular weight excluding hydrogens is 226 g/mol. The Labute approximate surface area is 107 Å². The standard InChI is InChI=1S/C13H17N5/c1-4-5-16-13-9(2)12(17-10(3)18-13)11-6-14-8-15-7-11/h6-8H,4-5H2,1-3H3,(H,16,17,18). The van der Waals surface area contributed by atoms with Crippen molar-refractivity contribution in [1.82, 2.24) is 19.9 Å². The summed E-state index contributed by atoms with van der Waals surface area (Å²) in [6.07, 6.45) is 6.12. The van der Waals surface area contributed by atoms with Gasteiger partial charge in [0.25, 0.3) is 0 Å². The second-order valence-corrected chi connectivity index (χ2v) is 4.15. The summed E-state index contributed by atoms with van der Waals surface area (Å²) in [5, 5.41) is 3.32. The first-order valence-corrected chi connectivity index (χ1v) is 6.07. The van der Waals surface area contributed by atoms with Crippen molar-refractivity contribution in [1.29, 1.82) is 0 Å². The molecule has 0 fully saturated rings. The van der Waals surface area contributed by atoms with E-state index in [4.69, 9.17) is 0 Å². The molecule has 5 nitrogen and oxygen atoms in total. The van der Waals surface area contributed by atoms with Crippen molar-refractivity contribution in [2.45, 2.75) is 27.2 Å². The molecular formula is C13H17N5. The lowest BCUT2D eigenvalue weighted by Gasteiger charge is -2.12. The Morgan fingerprint density at radius 1 is 1.11 bits per heavy atom. The molecule has 0 radical (unpaired) electrons. The maximum atomic E-state index is 4.48. The molecule has 0 unspecified atom stereocenters. The number of nitrogens with one attached hydrogen (secondary N) is 1.